The summed E-state index contributed by atoms with van der Waals surface area (Å²) in [5, 5.41) is 0. The third kappa shape index (κ3) is 4.91. The Hall–Kier alpha value is -1.68. The highest BCUT2D eigenvalue weighted by molar-refractivity contribution is 9.11. The Morgan fingerprint density at radius 2 is 1.92 bits per heavy atom. The Bertz CT molecular complexity index is 651. The number of nitrogens with zero attached hydrogens (tertiary/aromatic N) is 1. The molecule has 1 aliphatic rings. The monoisotopic (exact) mass is 403 g/mol. The number of halogens is 1. The molecule has 1 saturated heterocycles. The van der Waals surface area contributed by atoms with Crippen molar-refractivity contribution in [3.8, 4) is 0 Å². The van der Waals surface area contributed by atoms with Crippen molar-refractivity contribution in [2.45, 2.75) is 45.4 Å². The number of benzene rings is 1. The van der Waals surface area contributed by atoms with Gasteiger partial charge in [-0.1, -0.05) is 72.8 Å². The number of hydrogen-bond acceptors (Lipinski definition) is 2. The minimum absolute atomic E-state index is 0.106. The smallest absolute Gasteiger partial charge is 0.260 e. The van der Waals surface area contributed by atoms with Crippen LogP contribution in [0.1, 0.15) is 55.8 Å². The molecule has 0 aliphatic carbocycles. The lowest BCUT2D eigenvalue weighted by Crippen LogP contribution is -2.32. The minimum atomic E-state index is -0.240. The molecule has 0 radical (unpaired) electrons. The Morgan fingerprint density at radius 1 is 1.24 bits per heavy atom. The Morgan fingerprint density at radius 3 is 2.56 bits per heavy atom. The molecule has 2 amide bonds. The fourth-order valence-electron chi connectivity index (χ4n) is 3.11. The van der Waals surface area contributed by atoms with Gasteiger partial charge in [0.1, 0.15) is 0 Å². The van der Waals surface area contributed by atoms with Gasteiger partial charge in [0, 0.05) is 28.1 Å². The van der Waals surface area contributed by atoms with Crippen molar-refractivity contribution >= 4 is 27.7 Å². The van der Waals surface area contributed by atoms with Crippen molar-refractivity contribution in [3.63, 3.8) is 0 Å². The number of carbonyl (C=O) groups is 2. The van der Waals surface area contributed by atoms with Gasteiger partial charge >= 0.3 is 0 Å². The average molecular weight is 404 g/mol. The molecule has 0 spiro atoms. The van der Waals surface area contributed by atoms with E-state index in [1.165, 1.54) is 24.2 Å². The van der Waals surface area contributed by atoms with E-state index in [2.05, 4.69) is 29.4 Å². The van der Waals surface area contributed by atoms with Crippen molar-refractivity contribution in [3.05, 3.63) is 58.6 Å². The molecule has 25 heavy (non-hydrogen) atoms. The van der Waals surface area contributed by atoms with Crippen LogP contribution < -0.4 is 0 Å². The molecule has 1 aromatic rings. The van der Waals surface area contributed by atoms with Crippen LogP contribution in [-0.4, -0.2) is 23.3 Å². The molecule has 1 heterocycles. The van der Waals surface area contributed by atoms with E-state index in [1.807, 2.05) is 18.2 Å². The van der Waals surface area contributed by atoms with Gasteiger partial charge in [-0.15, -0.1) is 6.58 Å². The minimum Gasteiger partial charge on any atom is -0.274 e. The average Bonchev–Trinajstić information content (AvgIpc) is 2.98. The third-order valence-corrected chi connectivity index (χ3v) is 5.39. The first-order valence-corrected chi connectivity index (χ1v) is 9.81. The maximum absolute atomic E-state index is 12.8. The number of imide groups is 1. The number of hydrogen-bond donors (Lipinski definition) is 0. The summed E-state index contributed by atoms with van der Waals surface area (Å²) in [6.45, 7) is 6.42. The van der Waals surface area contributed by atoms with Gasteiger partial charge in [-0.25, -0.2) is 0 Å². The largest absolute Gasteiger partial charge is 0.274 e. The summed E-state index contributed by atoms with van der Waals surface area (Å²) in [4.78, 5) is 26.8. The fraction of sp³-hybridized carbons (Fsp3) is 0.429. The second-order valence-electron chi connectivity index (χ2n) is 6.41. The number of carbonyl (C=O) groups excluding carboxylic acids is 2. The van der Waals surface area contributed by atoms with Gasteiger partial charge in [-0.05, 0) is 25.0 Å². The molecule has 134 valence electrons. The first kappa shape index (κ1) is 19.6. The van der Waals surface area contributed by atoms with Gasteiger partial charge in [0.25, 0.3) is 11.8 Å². The molecule has 0 N–H and O–H groups in total. The predicted octanol–water partition coefficient (Wildman–Crippen LogP) is 5.48. The molecule has 1 unspecified atom stereocenters. The summed E-state index contributed by atoms with van der Waals surface area (Å²) in [5.74, 6) is -0.542. The van der Waals surface area contributed by atoms with Gasteiger partial charge in [-0.3, -0.25) is 14.5 Å². The highest BCUT2D eigenvalue weighted by atomic mass is 79.9. The van der Waals surface area contributed by atoms with Crippen molar-refractivity contribution < 1.29 is 9.59 Å². The zero-order valence-corrected chi connectivity index (χ0v) is 16.4. The standard InChI is InChI=1S/C21H26BrNO2/c1-3-5-6-7-11-14-18(22)19-16(4-2)15-23(21(19)25)20(24)17-12-9-8-10-13-17/h4,8-10,12-13,16H,2-3,5-7,11,14-15H2,1H3/b19-18-. The first-order valence-electron chi connectivity index (χ1n) is 9.02. The van der Waals surface area contributed by atoms with E-state index in [-0.39, 0.29) is 17.7 Å². The summed E-state index contributed by atoms with van der Waals surface area (Å²) in [6.07, 6.45) is 8.51. The highest BCUT2D eigenvalue weighted by Gasteiger charge is 2.38. The van der Waals surface area contributed by atoms with Crippen LogP contribution in [-0.2, 0) is 4.79 Å². The quantitative estimate of drug-likeness (QED) is 0.249. The molecule has 2 rings (SSSR count). The second-order valence-corrected chi connectivity index (χ2v) is 7.37. The number of likely N-dealkylation sites (tertiary alicyclic amines) is 1. The summed E-state index contributed by atoms with van der Waals surface area (Å²) < 4.78 is 0.919. The van der Waals surface area contributed by atoms with E-state index >= 15 is 0 Å². The molecule has 1 aliphatic heterocycles. The van der Waals surface area contributed by atoms with Crippen LogP contribution in [0.4, 0.5) is 0 Å². The molecule has 4 heteroatoms. The van der Waals surface area contributed by atoms with E-state index in [0.717, 1.165) is 23.7 Å². The third-order valence-electron chi connectivity index (χ3n) is 4.57. The topological polar surface area (TPSA) is 37.4 Å². The summed E-state index contributed by atoms with van der Waals surface area (Å²) >= 11 is 3.60. The SMILES string of the molecule is C=CC1CN(C(=O)c2ccccc2)C(=O)/C1=C(\Br)CCCCCCC. The number of unbranched alkanes of at least 4 members (excludes halogenated alkanes) is 4. The lowest BCUT2D eigenvalue weighted by atomic mass is 10.0. The van der Waals surface area contributed by atoms with Gasteiger partial charge in [0.2, 0.25) is 0 Å². The number of allylic oxidation sites excluding steroid dienone is 1. The van der Waals surface area contributed by atoms with Gasteiger partial charge in [0.15, 0.2) is 0 Å². The van der Waals surface area contributed by atoms with Crippen LogP contribution in [0, 0.1) is 5.92 Å². The molecule has 3 nitrogen and oxygen atoms in total. The van der Waals surface area contributed by atoms with Gasteiger partial charge in [-0.2, -0.15) is 0 Å². The van der Waals surface area contributed by atoms with Crippen molar-refractivity contribution in [2.24, 2.45) is 5.92 Å². The summed E-state index contributed by atoms with van der Waals surface area (Å²) in [7, 11) is 0. The van der Waals surface area contributed by atoms with Crippen LogP contribution in [0.5, 0.6) is 0 Å². The predicted molar refractivity (Wildman–Crippen MR) is 106 cm³/mol. The van der Waals surface area contributed by atoms with E-state index in [1.54, 1.807) is 18.2 Å². The van der Waals surface area contributed by atoms with Crippen LogP contribution in [0.2, 0.25) is 0 Å². The first-order chi connectivity index (χ1) is 12.1. The molecule has 1 aromatic carbocycles. The van der Waals surface area contributed by atoms with Crippen LogP contribution in [0.15, 0.2) is 53.0 Å². The van der Waals surface area contributed by atoms with Crippen molar-refractivity contribution in [1.82, 2.24) is 4.90 Å². The number of rotatable bonds is 8. The molecule has 0 saturated carbocycles. The molecule has 0 bridgehead atoms. The Labute approximate surface area is 158 Å². The molecule has 1 fully saturated rings. The van der Waals surface area contributed by atoms with E-state index in [4.69, 9.17) is 0 Å². The van der Waals surface area contributed by atoms with Gasteiger partial charge < -0.3 is 0 Å². The normalized spacial score (nSPS) is 19.2. The van der Waals surface area contributed by atoms with E-state index in [0.29, 0.717) is 17.7 Å². The Balaban J connectivity index is 2.10. The van der Waals surface area contributed by atoms with Crippen LogP contribution in [0.25, 0.3) is 0 Å². The van der Waals surface area contributed by atoms with Crippen LogP contribution in [0.3, 0.4) is 0 Å². The van der Waals surface area contributed by atoms with Crippen molar-refractivity contribution in [2.75, 3.05) is 6.54 Å². The summed E-state index contributed by atoms with van der Waals surface area (Å²) in [5.41, 5.74) is 1.23. The second kappa shape index (κ2) is 9.71. The maximum atomic E-state index is 12.8. The Kier molecular flexibility index (Phi) is 7.63. The molecule has 0 aromatic heterocycles. The molecular weight excluding hydrogens is 378 g/mol. The zero-order valence-electron chi connectivity index (χ0n) is 14.8. The number of amides is 2. The van der Waals surface area contributed by atoms with Gasteiger partial charge in [0.05, 0.1) is 0 Å². The highest BCUT2D eigenvalue weighted by Crippen LogP contribution is 2.33. The lowest BCUT2D eigenvalue weighted by Gasteiger charge is -2.13. The van der Waals surface area contributed by atoms with E-state index in [9.17, 15) is 9.59 Å². The maximum Gasteiger partial charge on any atom is 0.260 e. The molecule has 1 atom stereocenters. The van der Waals surface area contributed by atoms with E-state index < -0.39 is 0 Å². The zero-order chi connectivity index (χ0) is 18.2. The summed E-state index contributed by atoms with van der Waals surface area (Å²) in [6, 6.07) is 8.95. The van der Waals surface area contributed by atoms with Crippen LogP contribution >= 0.6 is 15.9 Å². The lowest BCUT2D eigenvalue weighted by molar-refractivity contribution is -0.122. The molecular formula is C21H26BrNO2. The fourth-order valence-corrected chi connectivity index (χ4v) is 3.86. The van der Waals surface area contributed by atoms with Crippen molar-refractivity contribution in [1.29, 1.82) is 0 Å².